The van der Waals surface area contributed by atoms with Gasteiger partial charge in [-0.2, -0.15) is 0 Å². The molecule has 102 valence electrons. The maximum Gasteiger partial charge on any atom is 1.00 e. The van der Waals surface area contributed by atoms with Gasteiger partial charge in [0.05, 0.1) is 0 Å². The van der Waals surface area contributed by atoms with E-state index in [9.17, 15) is 0 Å². The van der Waals surface area contributed by atoms with Crippen molar-refractivity contribution in [2.24, 2.45) is 4.99 Å². The Balaban J connectivity index is -0.0000000468. The van der Waals surface area contributed by atoms with Gasteiger partial charge in [0, 0.05) is 12.3 Å². The van der Waals surface area contributed by atoms with Crippen molar-refractivity contribution in [3.05, 3.63) is 35.7 Å². The van der Waals surface area contributed by atoms with Gasteiger partial charge in [-0.05, 0) is 13.8 Å². The van der Waals surface area contributed by atoms with Crippen LogP contribution in [0.2, 0.25) is 0 Å². The Bertz CT molecular complexity index is 222. The topological polar surface area (TPSA) is 40.6 Å². The van der Waals surface area contributed by atoms with Crippen molar-refractivity contribution in [2.45, 2.75) is 59.7 Å². The average Bonchev–Trinajstić information content (AvgIpc) is 2.22. The molecule has 0 spiro atoms. The standard InChI is InChI=1S/C8H16N2.C6H11N.3Li.H/c1-7(2)9-5-6-10-8(3)4;1-4-5-7-6(2)3;;;;/h5-8H,1-4H3;4-6H,1H2,2-3H3;;;;/q-2;;3*+1;-1/b6-5-;;;;;. The number of nitrogens with zero attached hydrogens (tertiary/aromatic N) is 3. The molecule has 0 heterocycles. The van der Waals surface area contributed by atoms with Gasteiger partial charge in [-0.3, -0.25) is 4.99 Å². The molecule has 0 fully saturated rings. The van der Waals surface area contributed by atoms with Gasteiger partial charge < -0.3 is 12.1 Å². The third-order valence-electron chi connectivity index (χ3n) is 1.32. The summed E-state index contributed by atoms with van der Waals surface area (Å²) >= 11 is 0. The van der Waals surface area contributed by atoms with Gasteiger partial charge in [0.15, 0.2) is 0 Å². The zero-order chi connectivity index (χ0) is 13.7. The third kappa shape index (κ3) is 42.8. The Morgan fingerprint density at radius 2 is 1.20 bits per heavy atom. The monoisotopic (exact) mass is 259 g/mol. The van der Waals surface area contributed by atoms with Crippen LogP contribution in [-0.4, -0.2) is 24.3 Å². The summed E-state index contributed by atoms with van der Waals surface area (Å²) in [6, 6.07) is 1.15. The van der Waals surface area contributed by atoms with E-state index >= 15 is 0 Å². The van der Waals surface area contributed by atoms with E-state index in [0.29, 0.717) is 18.1 Å². The van der Waals surface area contributed by atoms with E-state index in [-0.39, 0.29) is 58.0 Å². The fourth-order valence-electron chi connectivity index (χ4n) is 0.654. The summed E-state index contributed by atoms with van der Waals surface area (Å²) in [5, 5.41) is 8.24. The van der Waals surface area contributed by atoms with Crippen molar-refractivity contribution < 1.29 is 58.0 Å². The summed E-state index contributed by atoms with van der Waals surface area (Å²) in [6.07, 6.45) is 6.90. The molecule has 0 aromatic heterocycles. The maximum atomic E-state index is 4.12. The van der Waals surface area contributed by atoms with E-state index in [0.717, 1.165) is 0 Å². The molecule has 0 rings (SSSR count). The second-order valence-electron chi connectivity index (χ2n) is 4.41. The largest absolute Gasteiger partial charge is 1.00 e. The van der Waals surface area contributed by atoms with Gasteiger partial charge >= 0.3 is 56.6 Å². The summed E-state index contributed by atoms with van der Waals surface area (Å²) in [7, 11) is 0. The molecular weight excluding hydrogens is 231 g/mol. The quantitative estimate of drug-likeness (QED) is 0.343. The Hall–Kier alpha value is 0.542. The van der Waals surface area contributed by atoms with Crippen molar-refractivity contribution in [3.8, 4) is 0 Å². The predicted molar refractivity (Wildman–Crippen MR) is 81.1 cm³/mol. The summed E-state index contributed by atoms with van der Waals surface area (Å²) in [5.41, 5.74) is 0. The Labute approximate surface area is 163 Å². The zero-order valence-corrected chi connectivity index (χ0v) is 15.1. The molecule has 0 bridgehead atoms. The van der Waals surface area contributed by atoms with Crippen LogP contribution in [0.5, 0.6) is 0 Å². The molecule has 0 saturated heterocycles. The van der Waals surface area contributed by atoms with E-state index in [2.05, 4.69) is 22.2 Å². The maximum absolute atomic E-state index is 4.12. The molecule has 0 aromatic carbocycles. The van der Waals surface area contributed by atoms with Gasteiger partial charge in [0.2, 0.25) is 0 Å². The number of hydrogen-bond donors (Lipinski definition) is 0. The fourth-order valence-corrected chi connectivity index (χ4v) is 0.654. The molecule has 0 aliphatic rings. The molecule has 0 saturated carbocycles. The first kappa shape index (κ1) is 32.5. The molecule has 0 N–H and O–H groups in total. The van der Waals surface area contributed by atoms with Gasteiger partial charge in [0.25, 0.3) is 0 Å². The molecule has 3 nitrogen and oxygen atoms in total. The smallest absolute Gasteiger partial charge is 1.00 e. The van der Waals surface area contributed by atoms with Gasteiger partial charge in [-0.25, -0.2) is 12.4 Å². The predicted octanol–water partition coefficient (Wildman–Crippen LogP) is -4.20. The average molecular weight is 259 g/mol. The van der Waals surface area contributed by atoms with Crippen molar-refractivity contribution in [2.75, 3.05) is 0 Å². The van der Waals surface area contributed by atoms with Crippen LogP contribution >= 0.6 is 0 Å². The SMILES string of the molecule is C=CC=NC(C)C.CC(C)[N-]/C=C\[N-]C(C)C.[H-].[Li+].[Li+].[Li+]. The first-order valence-electron chi connectivity index (χ1n) is 6.09. The summed E-state index contributed by atoms with van der Waals surface area (Å²) in [5.74, 6) is 0. The van der Waals surface area contributed by atoms with Crippen LogP contribution in [0.3, 0.4) is 0 Å². The van der Waals surface area contributed by atoms with Gasteiger partial charge in [-0.1, -0.05) is 40.3 Å². The van der Waals surface area contributed by atoms with Crippen LogP contribution in [0.1, 0.15) is 43.0 Å². The zero-order valence-electron chi connectivity index (χ0n) is 16.1. The minimum atomic E-state index is 0. The third-order valence-corrected chi connectivity index (χ3v) is 1.32. The molecule has 0 aliphatic heterocycles. The van der Waals surface area contributed by atoms with Crippen LogP contribution in [0, 0.1) is 0 Å². The van der Waals surface area contributed by atoms with Crippen LogP contribution in [0.4, 0.5) is 0 Å². The van der Waals surface area contributed by atoms with E-state index in [4.69, 9.17) is 0 Å². The summed E-state index contributed by atoms with van der Waals surface area (Å²) < 4.78 is 0. The van der Waals surface area contributed by atoms with Crippen LogP contribution in [0.25, 0.3) is 10.6 Å². The van der Waals surface area contributed by atoms with E-state index in [1.165, 1.54) is 0 Å². The van der Waals surface area contributed by atoms with Gasteiger partial charge in [-0.15, -0.1) is 12.1 Å². The van der Waals surface area contributed by atoms with Crippen molar-refractivity contribution >= 4 is 6.21 Å². The normalized spacial score (nSPS) is 9.45. The number of hydrogen-bond acceptors (Lipinski definition) is 1. The molecule has 0 radical (unpaired) electrons. The minimum absolute atomic E-state index is 0. The molecule has 0 atom stereocenters. The van der Waals surface area contributed by atoms with Crippen LogP contribution in [-0.2, 0) is 0 Å². The van der Waals surface area contributed by atoms with Gasteiger partial charge in [0.1, 0.15) is 0 Å². The molecule has 0 unspecified atom stereocenters. The first-order chi connectivity index (χ1) is 7.90. The van der Waals surface area contributed by atoms with E-state index in [1.807, 2.05) is 41.5 Å². The molecule has 0 aliphatic carbocycles. The van der Waals surface area contributed by atoms with Crippen molar-refractivity contribution in [1.82, 2.24) is 0 Å². The molecule has 0 aromatic rings. The molecule has 6 heteroatoms. The van der Waals surface area contributed by atoms with Crippen molar-refractivity contribution in [3.63, 3.8) is 0 Å². The Morgan fingerprint density at radius 1 is 0.850 bits per heavy atom. The molecule has 0 amide bonds. The number of aliphatic imine (C=N–C) groups is 1. The summed E-state index contributed by atoms with van der Waals surface area (Å²) in [6.45, 7) is 15.7. The molecular formula is C14H28Li3N3. The number of rotatable bonds is 6. The van der Waals surface area contributed by atoms with Crippen LogP contribution in [0.15, 0.2) is 30.0 Å². The minimum Gasteiger partial charge on any atom is -1.00 e. The Morgan fingerprint density at radius 3 is 1.35 bits per heavy atom. The Kier molecular flexibility index (Phi) is 39.9. The number of allylic oxidation sites excluding steroid dienone is 1. The van der Waals surface area contributed by atoms with Crippen LogP contribution < -0.4 is 56.6 Å². The second kappa shape index (κ2) is 24.6. The molecule has 20 heavy (non-hydrogen) atoms. The first-order valence-corrected chi connectivity index (χ1v) is 6.09. The van der Waals surface area contributed by atoms with E-state index in [1.54, 1.807) is 24.7 Å². The van der Waals surface area contributed by atoms with Crippen molar-refractivity contribution in [1.29, 1.82) is 0 Å². The fraction of sp³-hybridized carbons (Fsp3) is 0.643. The van der Waals surface area contributed by atoms with E-state index < -0.39 is 0 Å². The summed E-state index contributed by atoms with van der Waals surface area (Å²) in [4.78, 5) is 4.00. The second-order valence-corrected chi connectivity index (χ2v) is 4.41.